The van der Waals surface area contributed by atoms with E-state index in [0.717, 1.165) is 25.1 Å². The van der Waals surface area contributed by atoms with Gasteiger partial charge in [0.1, 0.15) is 24.2 Å². The Morgan fingerprint density at radius 1 is 1.11 bits per heavy atom. The van der Waals surface area contributed by atoms with Crippen LogP contribution in [0.4, 0.5) is 0 Å². The predicted molar refractivity (Wildman–Crippen MR) is 67.1 cm³/mol. The molecular weight excluding hydrogens is 232 g/mol. The number of aromatic nitrogens is 3. The average Bonchev–Trinajstić information content (AvgIpc) is 2.89. The summed E-state index contributed by atoms with van der Waals surface area (Å²) in [5.41, 5.74) is 3.13. The SMILES string of the molecule is Oc1ccc(OCCCCNn2cnnc2)cc1. The van der Waals surface area contributed by atoms with E-state index in [-0.39, 0.29) is 5.75 Å². The molecule has 96 valence electrons. The van der Waals surface area contributed by atoms with Crippen LogP contribution in [0.5, 0.6) is 11.5 Å². The van der Waals surface area contributed by atoms with Crippen LogP contribution in [0.2, 0.25) is 0 Å². The molecule has 2 aromatic rings. The molecular formula is C12H16N4O2. The van der Waals surface area contributed by atoms with Crippen LogP contribution in [-0.4, -0.2) is 33.1 Å². The van der Waals surface area contributed by atoms with Gasteiger partial charge in [-0.1, -0.05) is 0 Å². The summed E-state index contributed by atoms with van der Waals surface area (Å²) >= 11 is 0. The summed E-state index contributed by atoms with van der Waals surface area (Å²) in [6.45, 7) is 1.51. The minimum absolute atomic E-state index is 0.250. The topological polar surface area (TPSA) is 72.2 Å². The number of nitrogens with one attached hydrogen (secondary N) is 1. The van der Waals surface area contributed by atoms with Crippen molar-refractivity contribution >= 4 is 0 Å². The lowest BCUT2D eigenvalue weighted by Gasteiger charge is -2.07. The highest BCUT2D eigenvalue weighted by Crippen LogP contribution is 2.15. The van der Waals surface area contributed by atoms with Crippen LogP contribution in [0.25, 0.3) is 0 Å². The summed E-state index contributed by atoms with van der Waals surface area (Å²) in [7, 11) is 0. The molecule has 1 heterocycles. The van der Waals surface area contributed by atoms with E-state index in [1.54, 1.807) is 41.6 Å². The third kappa shape index (κ3) is 3.97. The molecule has 0 bridgehead atoms. The Balaban J connectivity index is 1.55. The number of phenolic OH excluding ortho intramolecular Hbond substituents is 1. The Kier molecular flexibility index (Phi) is 4.40. The van der Waals surface area contributed by atoms with Gasteiger partial charge in [0, 0.05) is 6.54 Å². The highest BCUT2D eigenvalue weighted by Gasteiger charge is 1.94. The first-order valence-corrected chi connectivity index (χ1v) is 5.85. The van der Waals surface area contributed by atoms with E-state index in [4.69, 9.17) is 9.84 Å². The van der Waals surface area contributed by atoms with Crippen LogP contribution in [0.15, 0.2) is 36.9 Å². The minimum atomic E-state index is 0.250. The Morgan fingerprint density at radius 3 is 2.56 bits per heavy atom. The number of aromatic hydroxyl groups is 1. The van der Waals surface area contributed by atoms with Crippen molar-refractivity contribution in [3.05, 3.63) is 36.9 Å². The maximum atomic E-state index is 9.11. The molecule has 1 aromatic carbocycles. The third-order valence-electron chi connectivity index (χ3n) is 2.39. The summed E-state index contributed by atoms with van der Waals surface area (Å²) < 4.78 is 7.25. The minimum Gasteiger partial charge on any atom is -0.508 e. The third-order valence-corrected chi connectivity index (χ3v) is 2.39. The zero-order valence-corrected chi connectivity index (χ0v) is 9.99. The van der Waals surface area contributed by atoms with Crippen LogP contribution >= 0.6 is 0 Å². The van der Waals surface area contributed by atoms with E-state index in [2.05, 4.69) is 15.6 Å². The van der Waals surface area contributed by atoms with E-state index in [1.165, 1.54) is 0 Å². The zero-order chi connectivity index (χ0) is 12.6. The van der Waals surface area contributed by atoms with Crippen LogP contribution < -0.4 is 10.2 Å². The van der Waals surface area contributed by atoms with Gasteiger partial charge in [0.25, 0.3) is 0 Å². The van der Waals surface area contributed by atoms with Crippen molar-refractivity contribution < 1.29 is 9.84 Å². The summed E-state index contributed by atoms with van der Waals surface area (Å²) in [4.78, 5) is 0. The lowest BCUT2D eigenvalue weighted by atomic mass is 10.3. The van der Waals surface area contributed by atoms with E-state index < -0.39 is 0 Å². The quantitative estimate of drug-likeness (QED) is 0.724. The molecule has 0 unspecified atom stereocenters. The largest absolute Gasteiger partial charge is 0.508 e. The molecule has 6 heteroatoms. The number of unbranched alkanes of at least 4 members (excludes halogenated alkanes) is 1. The van der Waals surface area contributed by atoms with E-state index in [0.29, 0.717) is 6.61 Å². The molecule has 0 saturated heterocycles. The average molecular weight is 248 g/mol. The van der Waals surface area contributed by atoms with E-state index >= 15 is 0 Å². The van der Waals surface area contributed by atoms with E-state index in [1.807, 2.05) is 0 Å². The van der Waals surface area contributed by atoms with Crippen molar-refractivity contribution in [2.45, 2.75) is 12.8 Å². The molecule has 0 aliphatic heterocycles. The second-order valence-corrected chi connectivity index (χ2v) is 3.83. The summed E-state index contributed by atoms with van der Waals surface area (Å²) in [6.07, 6.45) is 5.19. The highest BCUT2D eigenvalue weighted by atomic mass is 16.5. The normalized spacial score (nSPS) is 10.2. The number of hydrogen-bond acceptors (Lipinski definition) is 5. The predicted octanol–water partition coefficient (Wildman–Crippen LogP) is 1.39. The first-order chi connectivity index (χ1) is 8.84. The Labute approximate surface area is 105 Å². The van der Waals surface area contributed by atoms with Gasteiger partial charge in [-0.3, -0.25) is 0 Å². The fraction of sp³-hybridized carbons (Fsp3) is 0.333. The smallest absolute Gasteiger partial charge is 0.138 e. The highest BCUT2D eigenvalue weighted by molar-refractivity contribution is 5.29. The maximum absolute atomic E-state index is 9.11. The lowest BCUT2D eigenvalue weighted by Crippen LogP contribution is -2.14. The lowest BCUT2D eigenvalue weighted by molar-refractivity contribution is 0.307. The van der Waals surface area contributed by atoms with Crippen molar-refractivity contribution in [2.24, 2.45) is 0 Å². The Morgan fingerprint density at radius 2 is 1.83 bits per heavy atom. The second-order valence-electron chi connectivity index (χ2n) is 3.83. The summed E-state index contributed by atoms with van der Waals surface area (Å²) in [5.74, 6) is 1.03. The molecule has 0 saturated carbocycles. The fourth-order valence-corrected chi connectivity index (χ4v) is 1.45. The first kappa shape index (κ1) is 12.2. The molecule has 0 aliphatic rings. The number of phenols is 1. The molecule has 0 radical (unpaired) electrons. The second kappa shape index (κ2) is 6.48. The molecule has 0 amide bonds. The fourth-order valence-electron chi connectivity index (χ4n) is 1.45. The maximum Gasteiger partial charge on any atom is 0.138 e. The zero-order valence-electron chi connectivity index (χ0n) is 9.99. The van der Waals surface area contributed by atoms with Gasteiger partial charge in [-0.2, -0.15) is 0 Å². The number of hydrogen-bond donors (Lipinski definition) is 2. The molecule has 0 aliphatic carbocycles. The molecule has 0 atom stereocenters. The first-order valence-electron chi connectivity index (χ1n) is 5.85. The van der Waals surface area contributed by atoms with Crippen LogP contribution in [0.3, 0.4) is 0 Å². The van der Waals surface area contributed by atoms with Crippen molar-refractivity contribution in [3.63, 3.8) is 0 Å². The van der Waals surface area contributed by atoms with Gasteiger partial charge in [0.15, 0.2) is 0 Å². The van der Waals surface area contributed by atoms with Gasteiger partial charge < -0.3 is 15.3 Å². The molecule has 18 heavy (non-hydrogen) atoms. The standard InChI is InChI=1S/C12H16N4O2/c17-11-3-5-12(6-4-11)18-8-2-1-7-15-16-9-13-14-10-16/h3-6,9-10,15,17H,1-2,7-8H2. The number of benzene rings is 1. The monoisotopic (exact) mass is 248 g/mol. The van der Waals surface area contributed by atoms with Crippen molar-refractivity contribution in [2.75, 3.05) is 18.6 Å². The number of rotatable bonds is 7. The van der Waals surface area contributed by atoms with Crippen molar-refractivity contribution in [1.29, 1.82) is 0 Å². The van der Waals surface area contributed by atoms with Crippen molar-refractivity contribution in [3.8, 4) is 11.5 Å². The molecule has 2 N–H and O–H groups in total. The molecule has 6 nitrogen and oxygen atoms in total. The Bertz CT molecular complexity index is 442. The van der Waals surface area contributed by atoms with Gasteiger partial charge in [-0.25, -0.2) is 4.68 Å². The Hall–Kier alpha value is -2.24. The van der Waals surface area contributed by atoms with Gasteiger partial charge in [0.05, 0.1) is 6.61 Å². The van der Waals surface area contributed by atoms with Crippen LogP contribution in [0.1, 0.15) is 12.8 Å². The molecule has 0 spiro atoms. The van der Waals surface area contributed by atoms with Gasteiger partial charge in [-0.05, 0) is 37.1 Å². The summed E-state index contributed by atoms with van der Waals surface area (Å²) in [6, 6.07) is 6.74. The molecule has 2 rings (SSSR count). The van der Waals surface area contributed by atoms with Gasteiger partial charge in [-0.15, -0.1) is 10.2 Å². The van der Waals surface area contributed by atoms with Gasteiger partial charge in [0.2, 0.25) is 0 Å². The number of nitrogens with zero attached hydrogens (tertiary/aromatic N) is 3. The van der Waals surface area contributed by atoms with Gasteiger partial charge >= 0.3 is 0 Å². The van der Waals surface area contributed by atoms with Crippen LogP contribution in [-0.2, 0) is 0 Å². The van der Waals surface area contributed by atoms with Crippen molar-refractivity contribution in [1.82, 2.24) is 14.9 Å². The number of ether oxygens (including phenoxy) is 1. The molecule has 0 fully saturated rings. The van der Waals surface area contributed by atoms with Crippen LogP contribution in [0, 0.1) is 0 Å². The summed E-state index contributed by atoms with van der Waals surface area (Å²) in [5, 5.41) is 16.5. The van der Waals surface area contributed by atoms with E-state index in [9.17, 15) is 0 Å². The molecule has 1 aromatic heterocycles.